The maximum atomic E-state index is 11.9. The summed E-state index contributed by atoms with van der Waals surface area (Å²) in [4.78, 5) is 15.7. The third kappa shape index (κ3) is 3.06. The average Bonchev–Trinajstić information content (AvgIpc) is 3.11. The summed E-state index contributed by atoms with van der Waals surface area (Å²) in [7, 11) is 0. The van der Waals surface area contributed by atoms with Gasteiger partial charge >= 0.3 is 0 Å². The molecule has 0 radical (unpaired) electrons. The molecular weight excluding hydrogens is 270 g/mol. The van der Waals surface area contributed by atoms with Crippen LogP contribution in [0.4, 0.5) is 11.4 Å². The SMILES string of the molecule is Nc1cnn(CC(=O)Nc2ccc(-n3cncn3)cc2)c1. The molecule has 0 spiro atoms. The van der Waals surface area contributed by atoms with E-state index in [4.69, 9.17) is 5.73 Å². The van der Waals surface area contributed by atoms with E-state index in [1.165, 1.54) is 17.2 Å². The molecule has 1 aromatic carbocycles. The van der Waals surface area contributed by atoms with Gasteiger partial charge in [-0.2, -0.15) is 10.2 Å². The second-order valence-corrected chi connectivity index (χ2v) is 4.41. The predicted octanol–water partition coefficient (Wildman–Crippen LogP) is 0.685. The molecule has 21 heavy (non-hydrogen) atoms. The zero-order valence-electron chi connectivity index (χ0n) is 11.0. The summed E-state index contributed by atoms with van der Waals surface area (Å²) >= 11 is 0. The standard InChI is InChI=1S/C13H13N7O/c14-10-5-16-19(6-10)7-13(21)18-11-1-3-12(4-2-11)20-9-15-8-17-20/h1-6,8-9H,7,14H2,(H,18,21). The van der Waals surface area contributed by atoms with Gasteiger partial charge in [-0.3, -0.25) is 9.48 Å². The molecule has 3 aromatic rings. The Hall–Kier alpha value is -3.16. The van der Waals surface area contributed by atoms with Crippen molar-refractivity contribution >= 4 is 17.3 Å². The maximum Gasteiger partial charge on any atom is 0.246 e. The summed E-state index contributed by atoms with van der Waals surface area (Å²) in [5, 5.41) is 10.8. The lowest BCUT2D eigenvalue weighted by Gasteiger charge is -2.06. The molecule has 0 bridgehead atoms. The van der Waals surface area contributed by atoms with E-state index in [1.807, 2.05) is 12.1 Å². The van der Waals surface area contributed by atoms with Gasteiger partial charge in [-0.1, -0.05) is 0 Å². The van der Waals surface area contributed by atoms with Crippen LogP contribution in [0.3, 0.4) is 0 Å². The van der Waals surface area contributed by atoms with Crippen molar-refractivity contribution in [1.29, 1.82) is 0 Å². The summed E-state index contributed by atoms with van der Waals surface area (Å²) in [6.07, 6.45) is 6.18. The van der Waals surface area contributed by atoms with E-state index in [0.29, 0.717) is 11.4 Å². The number of nitrogens with two attached hydrogens (primary N) is 1. The Labute approximate surface area is 120 Å². The van der Waals surface area contributed by atoms with E-state index in [2.05, 4.69) is 20.5 Å². The third-order valence-electron chi connectivity index (χ3n) is 2.79. The number of anilines is 2. The smallest absolute Gasteiger partial charge is 0.246 e. The van der Waals surface area contributed by atoms with E-state index in [0.717, 1.165) is 5.69 Å². The highest BCUT2D eigenvalue weighted by Gasteiger charge is 2.05. The van der Waals surface area contributed by atoms with Crippen molar-refractivity contribution in [3.63, 3.8) is 0 Å². The van der Waals surface area contributed by atoms with Gasteiger partial charge in [-0.25, -0.2) is 9.67 Å². The molecule has 2 aromatic heterocycles. The predicted molar refractivity (Wildman–Crippen MR) is 76.6 cm³/mol. The van der Waals surface area contributed by atoms with Crippen LogP contribution in [0, 0.1) is 0 Å². The van der Waals surface area contributed by atoms with Gasteiger partial charge in [0.15, 0.2) is 0 Å². The van der Waals surface area contributed by atoms with Gasteiger partial charge in [-0.05, 0) is 24.3 Å². The normalized spacial score (nSPS) is 10.5. The van der Waals surface area contributed by atoms with Crippen LogP contribution in [-0.2, 0) is 11.3 Å². The van der Waals surface area contributed by atoms with Crippen molar-refractivity contribution in [2.75, 3.05) is 11.1 Å². The first-order valence-electron chi connectivity index (χ1n) is 6.23. The fourth-order valence-corrected chi connectivity index (χ4v) is 1.85. The molecule has 3 N–H and O–H groups in total. The summed E-state index contributed by atoms with van der Waals surface area (Å²) in [5.41, 5.74) is 7.63. The number of nitrogens with zero attached hydrogens (tertiary/aromatic N) is 5. The van der Waals surface area contributed by atoms with Crippen molar-refractivity contribution in [2.45, 2.75) is 6.54 Å². The highest BCUT2D eigenvalue weighted by molar-refractivity contribution is 5.90. The first-order chi connectivity index (χ1) is 10.2. The number of rotatable bonds is 4. The van der Waals surface area contributed by atoms with E-state index in [-0.39, 0.29) is 12.5 Å². The molecule has 0 atom stereocenters. The molecule has 8 heteroatoms. The van der Waals surface area contributed by atoms with Crippen LogP contribution >= 0.6 is 0 Å². The number of nitrogens with one attached hydrogen (secondary N) is 1. The summed E-state index contributed by atoms with van der Waals surface area (Å²) < 4.78 is 3.12. The Balaban J connectivity index is 1.63. The molecule has 106 valence electrons. The molecule has 0 unspecified atom stereocenters. The molecule has 1 amide bonds. The number of carbonyl (C=O) groups excluding carboxylic acids is 1. The fourth-order valence-electron chi connectivity index (χ4n) is 1.85. The van der Waals surface area contributed by atoms with Gasteiger partial charge in [0.25, 0.3) is 0 Å². The van der Waals surface area contributed by atoms with Crippen molar-refractivity contribution < 1.29 is 4.79 Å². The number of benzene rings is 1. The number of hydrogen-bond donors (Lipinski definition) is 2. The second-order valence-electron chi connectivity index (χ2n) is 4.41. The minimum Gasteiger partial charge on any atom is -0.396 e. The van der Waals surface area contributed by atoms with Gasteiger partial charge in [0.1, 0.15) is 19.2 Å². The third-order valence-corrected chi connectivity index (χ3v) is 2.79. The largest absolute Gasteiger partial charge is 0.396 e. The van der Waals surface area contributed by atoms with Crippen molar-refractivity contribution in [3.05, 3.63) is 49.3 Å². The molecule has 0 fully saturated rings. The van der Waals surface area contributed by atoms with Gasteiger partial charge < -0.3 is 11.1 Å². The lowest BCUT2D eigenvalue weighted by molar-refractivity contribution is -0.116. The van der Waals surface area contributed by atoms with Crippen molar-refractivity contribution in [2.24, 2.45) is 0 Å². The minimum atomic E-state index is -0.174. The number of amides is 1. The quantitative estimate of drug-likeness (QED) is 0.733. The Kier molecular flexibility index (Phi) is 3.34. The first kappa shape index (κ1) is 12.9. The first-order valence-corrected chi connectivity index (χ1v) is 6.23. The molecule has 3 rings (SSSR count). The average molecular weight is 283 g/mol. The second kappa shape index (κ2) is 5.45. The van der Waals surface area contributed by atoms with Gasteiger partial charge in [0, 0.05) is 11.9 Å². The van der Waals surface area contributed by atoms with Gasteiger partial charge in [0.05, 0.1) is 17.6 Å². The van der Waals surface area contributed by atoms with Crippen molar-refractivity contribution in [1.82, 2.24) is 24.5 Å². The molecule has 2 heterocycles. The van der Waals surface area contributed by atoms with Crippen LogP contribution in [0.1, 0.15) is 0 Å². The van der Waals surface area contributed by atoms with Crippen LogP contribution in [-0.4, -0.2) is 30.5 Å². The van der Waals surface area contributed by atoms with Crippen LogP contribution in [0.5, 0.6) is 0 Å². The fraction of sp³-hybridized carbons (Fsp3) is 0.0769. The molecule has 8 nitrogen and oxygen atoms in total. The van der Waals surface area contributed by atoms with E-state index < -0.39 is 0 Å². The summed E-state index contributed by atoms with van der Waals surface area (Å²) in [5.74, 6) is -0.174. The molecule has 0 aliphatic rings. The van der Waals surface area contributed by atoms with Crippen LogP contribution < -0.4 is 11.1 Å². The van der Waals surface area contributed by atoms with Crippen LogP contribution in [0.25, 0.3) is 5.69 Å². The van der Waals surface area contributed by atoms with E-state index >= 15 is 0 Å². The molecule has 0 saturated heterocycles. The highest BCUT2D eigenvalue weighted by Crippen LogP contribution is 2.12. The number of carbonyl (C=O) groups is 1. The summed E-state index contributed by atoms with van der Waals surface area (Å²) in [6.45, 7) is 0.113. The molecule has 0 aliphatic carbocycles. The van der Waals surface area contributed by atoms with Crippen LogP contribution in [0.15, 0.2) is 49.3 Å². The number of hydrogen-bond acceptors (Lipinski definition) is 5. The Bertz CT molecular complexity index is 730. The minimum absolute atomic E-state index is 0.113. The maximum absolute atomic E-state index is 11.9. The zero-order valence-corrected chi connectivity index (χ0v) is 11.0. The van der Waals surface area contributed by atoms with Gasteiger partial charge in [-0.15, -0.1) is 0 Å². The summed E-state index contributed by atoms with van der Waals surface area (Å²) in [6, 6.07) is 7.28. The van der Waals surface area contributed by atoms with E-state index in [9.17, 15) is 4.79 Å². The highest BCUT2D eigenvalue weighted by atomic mass is 16.2. The molecule has 0 saturated carbocycles. The van der Waals surface area contributed by atoms with Gasteiger partial charge in [0.2, 0.25) is 5.91 Å². The number of nitrogen functional groups attached to an aromatic ring is 1. The molecule has 0 aliphatic heterocycles. The van der Waals surface area contributed by atoms with Crippen molar-refractivity contribution in [3.8, 4) is 5.69 Å². The molecular formula is C13H13N7O. The zero-order chi connectivity index (χ0) is 14.7. The Morgan fingerprint density at radius 3 is 2.67 bits per heavy atom. The Morgan fingerprint density at radius 1 is 1.24 bits per heavy atom. The lowest BCUT2D eigenvalue weighted by Crippen LogP contribution is -2.19. The van der Waals surface area contributed by atoms with E-state index in [1.54, 1.807) is 29.3 Å². The number of aromatic nitrogens is 5. The Morgan fingerprint density at radius 2 is 2.05 bits per heavy atom. The van der Waals surface area contributed by atoms with Crippen LogP contribution in [0.2, 0.25) is 0 Å². The topological polar surface area (TPSA) is 104 Å². The monoisotopic (exact) mass is 283 g/mol. The lowest BCUT2D eigenvalue weighted by atomic mass is 10.3.